The number of nitrogens with zero attached hydrogens (tertiary/aromatic N) is 1. The molecule has 0 aromatic heterocycles. The van der Waals surface area contributed by atoms with Crippen LogP contribution in [-0.2, 0) is 0 Å². The summed E-state index contributed by atoms with van der Waals surface area (Å²) in [6, 6.07) is 25.9. The van der Waals surface area contributed by atoms with E-state index in [1.165, 1.54) is 0 Å². The first-order chi connectivity index (χ1) is 15.1. The maximum Gasteiger partial charge on any atom is 0.326 e. The summed E-state index contributed by atoms with van der Waals surface area (Å²) in [6.07, 6.45) is 0.855. The Morgan fingerprint density at radius 3 is 2.42 bits per heavy atom. The molecule has 4 rings (SSSR count). The highest BCUT2D eigenvalue weighted by Gasteiger charge is 2.40. The summed E-state index contributed by atoms with van der Waals surface area (Å²) in [5, 5.41) is 6.76. The van der Waals surface area contributed by atoms with Crippen molar-refractivity contribution in [1.82, 2.24) is 0 Å². The third kappa shape index (κ3) is 4.22. The van der Waals surface area contributed by atoms with Crippen molar-refractivity contribution in [3.8, 4) is 5.75 Å². The van der Waals surface area contributed by atoms with Gasteiger partial charge in [0.1, 0.15) is 5.75 Å². The lowest BCUT2D eigenvalue weighted by Gasteiger charge is -2.45. The minimum absolute atomic E-state index is 0.0571. The van der Waals surface area contributed by atoms with Gasteiger partial charge in [-0.3, -0.25) is 4.90 Å². The first-order valence-electron chi connectivity index (χ1n) is 10.8. The van der Waals surface area contributed by atoms with E-state index in [0.717, 1.165) is 23.4 Å². The summed E-state index contributed by atoms with van der Waals surface area (Å²) in [4.78, 5) is 15.4. The van der Waals surface area contributed by atoms with E-state index in [-0.39, 0.29) is 24.0 Å². The number of methoxy groups -OCH3 is 1. The fraction of sp³-hybridized carbons (Fsp3) is 0.269. The number of hydrogen-bond donors (Lipinski definition) is 2. The van der Waals surface area contributed by atoms with E-state index in [1.54, 1.807) is 7.11 Å². The molecule has 2 amide bonds. The van der Waals surface area contributed by atoms with Gasteiger partial charge in [-0.2, -0.15) is 0 Å². The van der Waals surface area contributed by atoms with Crippen LogP contribution in [0.1, 0.15) is 31.9 Å². The lowest BCUT2D eigenvalue weighted by Crippen LogP contribution is -2.51. The highest BCUT2D eigenvalue weighted by molar-refractivity contribution is 6.03. The Balaban J connectivity index is 1.68. The van der Waals surface area contributed by atoms with Crippen molar-refractivity contribution in [3.63, 3.8) is 0 Å². The molecule has 3 aromatic rings. The van der Waals surface area contributed by atoms with Crippen LogP contribution in [0.15, 0.2) is 78.9 Å². The van der Waals surface area contributed by atoms with Crippen molar-refractivity contribution in [3.05, 3.63) is 84.4 Å². The largest absolute Gasteiger partial charge is 0.497 e. The van der Waals surface area contributed by atoms with Crippen molar-refractivity contribution < 1.29 is 9.53 Å². The highest BCUT2D eigenvalue weighted by Crippen LogP contribution is 2.43. The van der Waals surface area contributed by atoms with Gasteiger partial charge in [0.15, 0.2) is 0 Å². The van der Waals surface area contributed by atoms with Crippen LogP contribution in [0.25, 0.3) is 0 Å². The monoisotopic (exact) mass is 415 g/mol. The minimum atomic E-state index is -0.127. The second-order valence-corrected chi connectivity index (χ2v) is 7.91. The van der Waals surface area contributed by atoms with E-state index >= 15 is 0 Å². The molecule has 0 unspecified atom stereocenters. The molecule has 0 saturated carbocycles. The van der Waals surface area contributed by atoms with E-state index in [0.29, 0.717) is 11.4 Å². The van der Waals surface area contributed by atoms with Crippen LogP contribution in [0.5, 0.6) is 5.75 Å². The smallest absolute Gasteiger partial charge is 0.326 e. The molecule has 1 heterocycles. The van der Waals surface area contributed by atoms with E-state index < -0.39 is 0 Å². The number of carbonyl (C=O) groups excluding carboxylic acids is 1. The van der Waals surface area contributed by atoms with Gasteiger partial charge >= 0.3 is 6.03 Å². The standard InChI is InChI=1S/C26H29N3O2/c1-4-23-18(2)25(27-19-11-6-5-7-12-19)22-15-8-9-16-24(22)29(23)26(30)28-20-13-10-14-21(17-20)31-3/h5-18,23,25,27H,4H2,1-3H3,(H,28,30)/t18-,23-,25+/m1/s1. The Morgan fingerprint density at radius 2 is 1.68 bits per heavy atom. The number of amides is 2. The zero-order valence-corrected chi connectivity index (χ0v) is 18.2. The zero-order valence-electron chi connectivity index (χ0n) is 18.2. The molecule has 0 fully saturated rings. The first kappa shape index (κ1) is 20.8. The van der Waals surface area contributed by atoms with Crippen LogP contribution in [0, 0.1) is 5.92 Å². The number of para-hydroxylation sites is 2. The molecule has 31 heavy (non-hydrogen) atoms. The Morgan fingerprint density at radius 1 is 0.968 bits per heavy atom. The maximum absolute atomic E-state index is 13.5. The molecule has 0 bridgehead atoms. The molecule has 160 valence electrons. The van der Waals surface area contributed by atoms with Crippen molar-refractivity contribution in [2.75, 3.05) is 22.6 Å². The van der Waals surface area contributed by atoms with Gasteiger partial charge in [-0.25, -0.2) is 4.79 Å². The lowest BCUT2D eigenvalue weighted by molar-refractivity contribution is 0.247. The van der Waals surface area contributed by atoms with Gasteiger partial charge in [-0.15, -0.1) is 0 Å². The first-order valence-corrected chi connectivity index (χ1v) is 10.8. The Labute approximate surface area is 184 Å². The van der Waals surface area contributed by atoms with Gasteiger partial charge < -0.3 is 15.4 Å². The zero-order chi connectivity index (χ0) is 21.8. The topological polar surface area (TPSA) is 53.6 Å². The molecule has 0 spiro atoms. The number of rotatable bonds is 5. The third-order valence-corrected chi connectivity index (χ3v) is 6.05. The van der Waals surface area contributed by atoms with Crippen LogP contribution >= 0.6 is 0 Å². The molecule has 5 heteroatoms. The Hall–Kier alpha value is -3.47. The van der Waals surface area contributed by atoms with Gasteiger partial charge in [0.25, 0.3) is 0 Å². The summed E-state index contributed by atoms with van der Waals surface area (Å²) in [5.41, 5.74) is 3.87. The molecule has 5 nitrogen and oxygen atoms in total. The fourth-order valence-corrected chi connectivity index (χ4v) is 4.51. The quantitative estimate of drug-likeness (QED) is 0.513. The van der Waals surface area contributed by atoms with Crippen molar-refractivity contribution in [1.29, 1.82) is 0 Å². The number of ether oxygens (including phenoxy) is 1. The van der Waals surface area contributed by atoms with Gasteiger partial charge in [0.05, 0.1) is 18.8 Å². The molecule has 0 saturated heterocycles. The molecule has 3 atom stereocenters. The Bertz CT molecular complexity index is 1040. The number of benzene rings is 3. The molecule has 0 radical (unpaired) electrons. The van der Waals surface area contributed by atoms with Crippen LogP contribution in [0.2, 0.25) is 0 Å². The van der Waals surface area contributed by atoms with Crippen LogP contribution in [-0.4, -0.2) is 19.2 Å². The van der Waals surface area contributed by atoms with Crippen LogP contribution in [0.3, 0.4) is 0 Å². The fourth-order valence-electron chi connectivity index (χ4n) is 4.51. The molecular weight excluding hydrogens is 386 g/mol. The van der Waals surface area contributed by atoms with E-state index in [1.807, 2.05) is 65.6 Å². The molecule has 3 aromatic carbocycles. The summed E-state index contributed by atoms with van der Waals surface area (Å²) in [5.74, 6) is 0.931. The summed E-state index contributed by atoms with van der Waals surface area (Å²) < 4.78 is 5.29. The second-order valence-electron chi connectivity index (χ2n) is 7.91. The van der Waals surface area contributed by atoms with Gasteiger partial charge in [-0.05, 0) is 42.3 Å². The predicted octanol–water partition coefficient (Wildman–Crippen LogP) is 6.32. The van der Waals surface area contributed by atoms with Crippen molar-refractivity contribution in [2.45, 2.75) is 32.4 Å². The molecule has 2 N–H and O–H groups in total. The molecule has 1 aliphatic heterocycles. The number of hydrogen-bond acceptors (Lipinski definition) is 3. The van der Waals surface area contributed by atoms with E-state index in [9.17, 15) is 4.79 Å². The summed E-state index contributed by atoms with van der Waals surface area (Å²) in [7, 11) is 1.62. The number of nitrogens with one attached hydrogen (secondary N) is 2. The molecule has 0 aliphatic carbocycles. The average Bonchev–Trinajstić information content (AvgIpc) is 2.81. The van der Waals surface area contributed by atoms with E-state index in [4.69, 9.17) is 4.74 Å². The van der Waals surface area contributed by atoms with E-state index in [2.05, 4.69) is 42.7 Å². The van der Waals surface area contributed by atoms with Crippen LogP contribution < -0.4 is 20.3 Å². The Kier molecular flexibility index (Phi) is 6.12. The van der Waals surface area contributed by atoms with Crippen molar-refractivity contribution in [2.24, 2.45) is 5.92 Å². The van der Waals surface area contributed by atoms with Crippen LogP contribution in [0.4, 0.5) is 21.9 Å². The minimum Gasteiger partial charge on any atom is -0.497 e. The number of fused-ring (bicyclic) bond motifs is 1. The SMILES string of the molecule is CC[C@@H]1[C@@H](C)[C@H](Nc2ccccc2)c2ccccc2N1C(=O)Nc1cccc(OC)c1. The van der Waals surface area contributed by atoms with Crippen molar-refractivity contribution >= 4 is 23.1 Å². The third-order valence-electron chi connectivity index (χ3n) is 6.05. The van der Waals surface area contributed by atoms with Gasteiger partial charge in [0, 0.05) is 29.4 Å². The summed E-state index contributed by atoms with van der Waals surface area (Å²) in [6.45, 7) is 4.36. The predicted molar refractivity (Wildman–Crippen MR) is 127 cm³/mol. The lowest BCUT2D eigenvalue weighted by atomic mass is 9.81. The molecule has 1 aliphatic rings. The number of urea groups is 1. The average molecular weight is 416 g/mol. The molecular formula is C26H29N3O2. The second kappa shape index (κ2) is 9.13. The normalized spacial score (nSPS) is 20.0. The highest BCUT2D eigenvalue weighted by atomic mass is 16.5. The number of carbonyl (C=O) groups is 1. The summed E-state index contributed by atoms with van der Waals surface area (Å²) >= 11 is 0. The maximum atomic E-state index is 13.5. The van der Waals surface area contributed by atoms with Gasteiger partial charge in [-0.1, -0.05) is 56.3 Å². The van der Waals surface area contributed by atoms with Gasteiger partial charge in [0.2, 0.25) is 0 Å². The number of anilines is 3.